The summed E-state index contributed by atoms with van der Waals surface area (Å²) in [5.41, 5.74) is 0. The van der Waals surface area contributed by atoms with E-state index in [1.807, 2.05) is 0 Å². The molecule has 16 heavy (non-hydrogen) atoms. The van der Waals surface area contributed by atoms with Crippen molar-refractivity contribution in [3.8, 4) is 0 Å². The Balaban J connectivity index is 2.22. The molecule has 0 bridgehead atoms. The first-order valence-electron chi connectivity index (χ1n) is 5.15. The van der Waals surface area contributed by atoms with E-state index in [1.54, 1.807) is 0 Å². The lowest BCUT2D eigenvalue weighted by Gasteiger charge is -2.27. The third-order valence-electron chi connectivity index (χ3n) is 2.61. The predicted molar refractivity (Wildman–Crippen MR) is 53.6 cm³/mol. The van der Waals surface area contributed by atoms with E-state index in [9.17, 15) is 17.2 Å². The molecule has 1 saturated carbocycles. The largest absolute Gasteiger partial charge is 0.345 e. The molecule has 0 heterocycles. The van der Waals surface area contributed by atoms with Gasteiger partial charge in [-0.25, -0.2) is 0 Å². The van der Waals surface area contributed by atoms with E-state index in [0.717, 1.165) is 6.26 Å². The molecule has 0 aromatic rings. The lowest BCUT2D eigenvalue weighted by Crippen LogP contribution is -2.26. The van der Waals surface area contributed by atoms with Crippen molar-refractivity contribution in [3.63, 3.8) is 0 Å². The quantitative estimate of drug-likeness (QED) is 0.705. The van der Waals surface area contributed by atoms with Crippen LogP contribution in [-0.4, -0.2) is 34.0 Å². The summed E-state index contributed by atoms with van der Waals surface area (Å²) in [7, 11) is -3.41. The molecule has 0 atom stereocenters. The molecule has 1 aliphatic carbocycles. The van der Waals surface area contributed by atoms with Crippen molar-refractivity contribution in [1.82, 2.24) is 0 Å². The van der Waals surface area contributed by atoms with Crippen LogP contribution in [0.5, 0.6) is 0 Å². The summed E-state index contributed by atoms with van der Waals surface area (Å²) >= 11 is 0. The van der Waals surface area contributed by atoms with Crippen LogP contribution in [0.4, 0.5) is 8.78 Å². The van der Waals surface area contributed by atoms with Crippen LogP contribution in [0.1, 0.15) is 25.7 Å². The molecule has 0 radical (unpaired) electrons. The number of ether oxygens (including phenoxy) is 1. The average Bonchev–Trinajstić information content (AvgIpc) is 2.14. The molecule has 0 N–H and O–H groups in total. The third-order valence-corrected chi connectivity index (χ3v) is 3.17. The molecule has 0 aromatic heterocycles. The van der Waals surface area contributed by atoms with Crippen molar-refractivity contribution >= 4 is 10.1 Å². The highest BCUT2D eigenvalue weighted by atomic mass is 32.2. The van der Waals surface area contributed by atoms with Gasteiger partial charge in [0, 0.05) is 0 Å². The van der Waals surface area contributed by atoms with Crippen molar-refractivity contribution in [2.75, 3.05) is 12.9 Å². The molecule has 96 valence electrons. The Kier molecular flexibility index (Phi) is 5.07. The van der Waals surface area contributed by atoms with Gasteiger partial charge in [-0.15, -0.1) is 0 Å². The molecule has 0 saturated heterocycles. The van der Waals surface area contributed by atoms with Gasteiger partial charge < -0.3 is 4.74 Å². The first-order valence-corrected chi connectivity index (χ1v) is 6.96. The molecule has 0 aromatic carbocycles. The number of hydrogen-bond acceptors (Lipinski definition) is 4. The highest BCUT2D eigenvalue weighted by Crippen LogP contribution is 2.27. The van der Waals surface area contributed by atoms with Gasteiger partial charge in [0.15, 0.2) is 0 Å². The zero-order valence-corrected chi connectivity index (χ0v) is 9.88. The van der Waals surface area contributed by atoms with Crippen molar-refractivity contribution < 1.29 is 26.1 Å². The first kappa shape index (κ1) is 13.8. The maximum atomic E-state index is 11.9. The lowest BCUT2D eigenvalue weighted by molar-refractivity contribution is -0.171. The van der Waals surface area contributed by atoms with Crippen molar-refractivity contribution in [1.29, 1.82) is 0 Å². The van der Waals surface area contributed by atoms with Gasteiger partial charge >= 0.3 is 6.61 Å². The maximum Gasteiger partial charge on any atom is 0.345 e. The minimum Gasteiger partial charge on any atom is -0.320 e. The van der Waals surface area contributed by atoms with Crippen LogP contribution in [0.15, 0.2) is 0 Å². The van der Waals surface area contributed by atoms with Gasteiger partial charge in [0.2, 0.25) is 0 Å². The Morgan fingerprint density at radius 3 is 2.25 bits per heavy atom. The first-order chi connectivity index (χ1) is 7.37. The standard InChI is InChI=1S/C9H16F2O4S/c1-16(12,13)14-6-7-2-4-8(5-3-7)15-9(10)11/h7-9H,2-6H2,1H3. The van der Waals surface area contributed by atoms with E-state index in [2.05, 4.69) is 8.92 Å². The molecular weight excluding hydrogens is 242 g/mol. The fourth-order valence-corrected chi connectivity index (χ4v) is 2.24. The van der Waals surface area contributed by atoms with E-state index < -0.39 is 22.8 Å². The minimum absolute atomic E-state index is 0.118. The second-order valence-corrected chi connectivity index (χ2v) is 5.67. The summed E-state index contributed by atoms with van der Waals surface area (Å²) in [5, 5.41) is 0. The lowest BCUT2D eigenvalue weighted by atomic mass is 9.88. The Morgan fingerprint density at radius 1 is 1.25 bits per heavy atom. The molecule has 0 aliphatic heterocycles. The highest BCUT2D eigenvalue weighted by molar-refractivity contribution is 7.85. The van der Waals surface area contributed by atoms with Crippen LogP contribution in [0.3, 0.4) is 0 Å². The van der Waals surface area contributed by atoms with Gasteiger partial charge in [0.25, 0.3) is 10.1 Å². The molecule has 4 nitrogen and oxygen atoms in total. The summed E-state index contributed by atoms with van der Waals surface area (Å²) in [5.74, 6) is 0.118. The number of hydrogen-bond donors (Lipinski definition) is 0. The number of alkyl halides is 2. The molecule has 0 amide bonds. The fraction of sp³-hybridized carbons (Fsp3) is 1.00. The second kappa shape index (κ2) is 5.88. The van der Waals surface area contributed by atoms with Crippen LogP contribution in [-0.2, 0) is 19.0 Å². The zero-order valence-electron chi connectivity index (χ0n) is 9.06. The Morgan fingerprint density at radius 2 is 1.81 bits per heavy atom. The molecular formula is C9H16F2O4S. The maximum absolute atomic E-state index is 11.9. The molecule has 1 aliphatic rings. The van der Waals surface area contributed by atoms with E-state index in [0.29, 0.717) is 25.7 Å². The molecule has 0 spiro atoms. The summed E-state index contributed by atoms with van der Waals surface area (Å²) in [6, 6.07) is 0. The monoisotopic (exact) mass is 258 g/mol. The minimum atomic E-state index is -3.41. The van der Waals surface area contributed by atoms with Gasteiger partial charge in [-0.05, 0) is 31.6 Å². The number of rotatable bonds is 5. The van der Waals surface area contributed by atoms with Crippen molar-refractivity contribution in [2.45, 2.75) is 38.4 Å². The van der Waals surface area contributed by atoms with Gasteiger partial charge in [-0.1, -0.05) is 0 Å². The van der Waals surface area contributed by atoms with Gasteiger partial charge in [-0.2, -0.15) is 17.2 Å². The highest BCUT2D eigenvalue weighted by Gasteiger charge is 2.24. The molecule has 0 unspecified atom stereocenters. The molecule has 7 heteroatoms. The van der Waals surface area contributed by atoms with Crippen LogP contribution in [0.2, 0.25) is 0 Å². The zero-order chi connectivity index (χ0) is 12.2. The second-order valence-electron chi connectivity index (χ2n) is 4.03. The number of halogens is 2. The van der Waals surface area contributed by atoms with E-state index >= 15 is 0 Å². The molecule has 1 rings (SSSR count). The molecule has 1 fully saturated rings. The van der Waals surface area contributed by atoms with Crippen LogP contribution in [0, 0.1) is 5.92 Å². The summed E-state index contributed by atoms with van der Waals surface area (Å²) in [4.78, 5) is 0. The van der Waals surface area contributed by atoms with Crippen molar-refractivity contribution in [3.05, 3.63) is 0 Å². The van der Waals surface area contributed by atoms with Gasteiger partial charge in [0.1, 0.15) is 0 Å². The topological polar surface area (TPSA) is 52.6 Å². The summed E-state index contributed by atoms with van der Waals surface area (Å²) < 4.78 is 54.3. The van der Waals surface area contributed by atoms with E-state index in [4.69, 9.17) is 0 Å². The smallest absolute Gasteiger partial charge is 0.320 e. The van der Waals surface area contributed by atoms with Crippen LogP contribution < -0.4 is 0 Å². The predicted octanol–water partition coefficient (Wildman–Crippen LogP) is 1.76. The third kappa shape index (κ3) is 5.72. The average molecular weight is 258 g/mol. The Bertz CT molecular complexity index is 297. The summed E-state index contributed by atoms with van der Waals surface area (Å²) in [6.45, 7) is -2.59. The van der Waals surface area contributed by atoms with Gasteiger partial charge in [0.05, 0.1) is 19.0 Å². The van der Waals surface area contributed by atoms with E-state index in [-0.39, 0.29) is 12.5 Å². The SMILES string of the molecule is CS(=O)(=O)OCC1CCC(OC(F)F)CC1. The van der Waals surface area contributed by atoms with Crippen molar-refractivity contribution in [2.24, 2.45) is 5.92 Å². The van der Waals surface area contributed by atoms with Gasteiger partial charge in [-0.3, -0.25) is 4.18 Å². The van der Waals surface area contributed by atoms with Crippen LogP contribution in [0.25, 0.3) is 0 Å². The summed E-state index contributed by atoms with van der Waals surface area (Å²) in [6.07, 6.45) is 2.97. The Labute approximate surface area is 94.0 Å². The van der Waals surface area contributed by atoms with Crippen LogP contribution >= 0.6 is 0 Å². The Hall–Kier alpha value is -0.270. The normalized spacial score (nSPS) is 27.2. The van der Waals surface area contributed by atoms with E-state index in [1.165, 1.54) is 0 Å². The fourth-order valence-electron chi connectivity index (χ4n) is 1.80.